The lowest BCUT2D eigenvalue weighted by atomic mass is 10.0. The summed E-state index contributed by atoms with van der Waals surface area (Å²) in [5, 5.41) is 0. The van der Waals surface area contributed by atoms with Gasteiger partial charge in [0, 0.05) is 0 Å². The topological polar surface area (TPSA) is 114 Å². The fourth-order valence-corrected chi connectivity index (χ4v) is 4.73. The zero-order valence-electron chi connectivity index (χ0n) is 19.5. The molecular weight excluding hydrogens is 484 g/mol. The molecule has 0 amide bonds. The van der Waals surface area contributed by atoms with E-state index in [1.165, 1.54) is 0 Å². The van der Waals surface area contributed by atoms with Gasteiger partial charge in [-0.3, -0.25) is 8.37 Å². The van der Waals surface area contributed by atoms with Crippen molar-refractivity contribution in [2.45, 2.75) is 44.1 Å². The highest BCUT2D eigenvalue weighted by atomic mass is 32.2. The molecule has 0 bridgehead atoms. The molecule has 11 heteroatoms. The molecule has 0 radical (unpaired) electrons. The molecule has 0 saturated carbocycles. The zero-order valence-corrected chi connectivity index (χ0v) is 21.1. The van der Waals surface area contributed by atoms with Crippen LogP contribution >= 0.6 is 0 Å². The van der Waals surface area contributed by atoms with Crippen molar-refractivity contribution in [3.05, 3.63) is 71.8 Å². The summed E-state index contributed by atoms with van der Waals surface area (Å²) in [5.74, 6) is -1.12. The Balaban J connectivity index is 1.87. The van der Waals surface area contributed by atoms with Crippen LogP contribution in [0.15, 0.2) is 60.7 Å². The molecule has 1 fully saturated rings. The molecule has 0 unspecified atom stereocenters. The molecule has 2 aromatic carbocycles. The molecule has 3 atom stereocenters. The predicted octanol–water partition coefficient (Wildman–Crippen LogP) is 2.63. The van der Waals surface area contributed by atoms with E-state index in [4.69, 9.17) is 22.6 Å². The Morgan fingerprint density at radius 3 is 1.85 bits per heavy atom. The summed E-state index contributed by atoms with van der Waals surface area (Å²) in [7, 11) is -7.67. The monoisotopic (exact) mass is 514 g/mol. The van der Waals surface area contributed by atoms with E-state index in [1.807, 2.05) is 60.7 Å². The number of hydrogen-bond acceptors (Lipinski definition) is 9. The van der Waals surface area contributed by atoms with Crippen LogP contribution in [0.5, 0.6) is 0 Å². The molecular formula is C23H30O9S2. The van der Waals surface area contributed by atoms with Crippen LogP contribution in [0.25, 0.3) is 0 Å². The number of rotatable bonds is 11. The van der Waals surface area contributed by atoms with E-state index < -0.39 is 50.4 Å². The minimum atomic E-state index is -3.92. The first-order valence-electron chi connectivity index (χ1n) is 10.6. The van der Waals surface area contributed by atoms with Gasteiger partial charge < -0.3 is 14.2 Å². The summed E-state index contributed by atoms with van der Waals surface area (Å²) in [6, 6.07) is 18.9. The summed E-state index contributed by atoms with van der Waals surface area (Å²) >= 11 is 0. The van der Waals surface area contributed by atoms with Crippen molar-refractivity contribution in [1.29, 1.82) is 0 Å². The highest BCUT2D eigenvalue weighted by molar-refractivity contribution is 7.86. The number of benzene rings is 2. The van der Waals surface area contributed by atoms with Crippen LogP contribution in [0.2, 0.25) is 0 Å². The highest BCUT2D eigenvalue weighted by Crippen LogP contribution is 2.33. The van der Waals surface area contributed by atoms with Crippen molar-refractivity contribution < 1.29 is 39.4 Å². The maximum Gasteiger partial charge on any atom is 0.264 e. The molecule has 3 rings (SSSR count). The van der Waals surface area contributed by atoms with E-state index in [0.717, 1.165) is 23.6 Å². The Labute approximate surface area is 201 Å². The fourth-order valence-electron chi connectivity index (χ4n) is 3.73. The molecule has 1 heterocycles. The van der Waals surface area contributed by atoms with Gasteiger partial charge >= 0.3 is 0 Å². The Morgan fingerprint density at radius 2 is 1.38 bits per heavy atom. The Kier molecular flexibility index (Phi) is 8.51. The first-order valence-corrected chi connectivity index (χ1v) is 14.3. The minimum Gasteiger partial charge on any atom is -0.366 e. The second-order valence-electron chi connectivity index (χ2n) is 8.50. The van der Waals surface area contributed by atoms with Crippen LogP contribution in [-0.4, -0.2) is 66.7 Å². The van der Waals surface area contributed by atoms with Gasteiger partial charge in [0.1, 0.15) is 24.4 Å². The molecule has 0 spiro atoms. The molecule has 0 N–H and O–H groups in total. The van der Waals surface area contributed by atoms with E-state index in [1.54, 1.807) is 13.8 Å². The second kappa shape index (κ2) is 10.8. The van der Waals surface area contributed by atoms with Crippen LogP contribution < -0.4 is 0 Å². The highest BCUT2D eigenvalue weighted by Gasteiger charge is 2.47. The van der Waals surface area contributed by atoms with Gasteiger partial charge in [0.2, 0.25) is 0 Å². The average molecular weight is 515 g/mol. The van der Waals surface area contributed by atoms with Gasteiger partial charge in [-0.05, 0) is 25.0 Å². The maximum absolute atomic E-state index is 12.1. The summed E-state index contributed by atoms with van der Waals surface area (Å²) in [4.78, 5) is 0. The van der Waals surface area contributed by atoms with Crippen molar-refractivity contribution >= 4 is 20.2 Å². The van der Waals surface area contributed by atoms with Crippen molar-refractivity contribution in [1.82, 2.24) is 0 Å². The Morgan fingerprint density at radius 1 is 0.853 bits per heavy atom. The molecule has 9 nitrogen and oxygen atoms in total. The Hall–Kier alpha value is -1.86. The minimum absolute atomic E-state index is 0.180. The predicted molar refractivity (Wildman–Crippen MR) is 125 cm³/mol. The van der Waals surface area contributed by atoms with Crippen LogP contribution in [0.1, 0.15) is 31.1 Å². The third-order valence-electron chi connectivity index (χ3n) is 4.96. The van der Waals surface area contributed by atoms with Gasteiger partial charge in [0.25, 0.3) is 20.2 Å². The van der Waals surface area contributed by atoms with Crippen molar-refractivity contribution in [3.63, 3.8) is 0 Å². The molecule has 0 aromatic heterocycles. The van der Waals surface area contributed by atoms with Crippen LogP contribution in [0, 0.1) is 0 Å². The zero-order chi connectivity index (χ0) is 25.0. The van der Waals surface area contributed by atoms with Gasteiger partial charge in [-0.2, -0.15) is 16.8 Å². The van der Waals surface area contributed by atoms with Gasteiger partial charge in [-0.1, -0.05) is 60.7 Å². The normalized spacial score (nSPS) is 21.6. The Bertz CT molecular complexity index is 1090. The van der Waals surface area contributed by atoms with Gasteiger partial charge in [0.15, 0.2) is 5.79 Å². The number of hydrogen-bond donors (Lipinski definition) is 0. The van der Waals surface area contributed by atoms with E-state index in [2.05, 4.69) is 0 Å². The third kappa shape index (κ3) is 8.12. The van der Waals surface area contributed by atoms with Crippen LogP contribution in [0.3, 0.4) is 0 Å². The van der Waals surface area contributed by atoms with Gasteiger partial charge in [-0.15, -0.1) is 0 Å². The molecule has 34 heavy (non-hydrogen) atoms. The quantitative estimate of drug-likeness (QED) is 0.417. The standard InChI is InChI=1S/C23H30O9S2/c1-23(2)30-19(16-29-33(3,24)25)22(31-23)20(32-34(4,26)27)15-28-21(17-11-7-5-8-12-17)18-13-9-6-10-14-18/h5-14,19-22H,15-16H2,1-4H3/t19-,20+,22-/m0/s1. The molecule has 1 aliphatic heterocycles. The molecule has 2 aromatic rings. The van der Waals surface area contributed by atoms with Crippen molar-refractivity contribution in [3.8, 4) is 0 Å². The molecule has 1 aliphatic rings. The largest absolute Gasteiger partial charge is 0.366 e. The second-order valence-corrected chi connectivity index (χ2v) is 11.7. The summed E-state index contributed by atoms with van der Waals surface area (Å²) in [6.07, 6.45) is -1.67. The van der Waals surface area contributed by atoms with E-state index >= 15 is 0 Å². The van der Waals surface area contributed by atoms with Crippen molar-refractivity contribution in [2.24, 2.45) is 0 Å². The summed E-state index contributed by atoms with van der Waals surface area (Å²) < 4.78 is 75.3. The number of ether oxygens (including phenoxy) is 3. The smallest absolute Gasteiger partial charge is 0.264 e. The van der Waals surface area contributed by atoms with Gasteiger partial charge in [0.05, 0.1) is 25.7 Å². The van der Waals surface area contributed by atoms with E-state index in [-0.39, 0.29) is 13.2 Å². The molecule has 188 valence electrons. The third-order valence-corrected chi connectivity index (χ3v) is 6.13. The van der Waals surface area contributed by atoms with Crippen LogP contribution in [0.4, 0.5) is 0 Å². The fraction of sp³-hybridized carbons (Fsp3) is 0.478. The summed E-state index contributed by atoms with van der Waals surface area (Å²) in [5.41, 5.74) is 1.74. The lowest BCUT2D eigenvalue weighted by molar-refractivity contribution is -0.158. The lowest BCUT2D eigenvalue weighted by Crippen LogP contribution is -2.43. The maximum atomic E-state index is 12.1. The molecule has 0 aliphatic carbocycles. The summed E-state index contributed by atoms with van der Waals surface area (Å²) in [6.45, 7) is 2.73. The van der Waals surface area contributed by atoms with E-state index in [9.17, 15) is 16.8 Å². The molecule has 1 saturated heterocycles. The SMILES string of the molecule is CC1(C)O[C@H]([C@@H](COC(c2ccccc2)c2ccccc2)OS(C)(=O)=O)[C@H](COS(C)(=O)=O)O1. The lowest BCUT2D eigenvalue weighted by Gasteiger charge is -2.28. The van der Waals surface area contributed by atoms with Gasteiger partial charge in [-0.25, -0.2) is 0 Å². The first kappa shape index (κ1) is 26.7. The van der Waals surface area contributed by atoms with Crippen LogP contribution in [-0.2, 0) is 42.8 Å². The average Bonchev–Trinajstić information content (AvgIpc) is 3.06. The van der Waals surface area contributed by atoms with E-state index in [0.29, 0.717) is 0 Å². The first-order chi connectivity index (χ1) is 15.8. The van der Waals surface area contributed by atoms with Crippen molar-refractivity contribution in [2.75, 3.05) is 25.7 Å².